The van der Waals surface area contributed by atoms with E-state index >= 15 is 0 Å². The molecule has 6 heteroatoms. The molecule has 0 aromatic carbocycles. The van der Waals surface area contributed by atoms with Gasteiger partial charge in [-0.2, -0.15) is 0 Å². The number of imidazole rings is 1. The largest absolute Gasteiger partial charge is 0.396 e. The smallest absolute Gasteiger partial charge is 0.317 e. The topological polar surface area (TPSA) is 70.4 Å². The number of hydrogen-bond acceptors (Lipinski definition) is 3. The number of aliphatic hydroxyl groups is 1. The lowest BCUT2D eigenvalue weighted by Crippen LogP contribution is -2.38. The SMILES string of the molecule is CN(Cc1nccn1C)C(=O)NCCCC(C)(C)CO. The first kappa shape index (κ1) is 16.5. The summed E-state index contributed by atoms with van der Waals surface area (Å²) in [6.07, 6.45) is 5.32. The quantitative estimate of drug-likeness (QED) is 0.742. The van der Waals surface area contributed by atoms with Crippen molar-refractivity contribution in [3.63, 3.8) is 0 Å². The summed E-state index contributed by atoms with van der Waals surface area (Å²) in [5, 5.41) is 12.0. The van der Waals surface area contributed by atoms with Gasteiger partial charge < -0.3 is 19.9 Å². The van der Waals surface area contributed by atoms with Crippen molar-refractivity contribution < 1.29 is 9.90 Å². The zero-order chi connectivity index (χ0) is 15.2. The maximum atomic E-state index is 11.9. The molecule has 0 atom stereocenters. The molecule has 1 rings (SSSR count). The van der Waals surface area contributed by atoms with Crippen LogP contribution in [0.1, 0.15) is 32.5 Å². The number of carbonyl (C=O) groups is 1. The van der Waals surface area contributed by atoms with Crippen LogP contribution in [0, 0.1) is 5.41 Å². The van der Waals surface area contributed by atoms with Gasteiger partial charge in [-0.1, -0.05) is 13.8 Å². The van der Waals surface area contributed by atoms with Gasteiger partial charge in [0.15, 0.2) is 0 Å². The van der Waals surface area contributed by atoms with E-state index in [4.69, 9.17) is 5.11 Å². The number of rotatable bonds is 7. The lowest BCUT2D eigenvalue weighted by molar-refractivity contribution is 0.147. The second kappa shape index (κ2) is 7.28. The van der Waals surface area contributed by atoms with E-state index in [0.29, 0.717) is 13.1 Å². The second-order valence-electron chi connectivity index (χ2n) is 5.97. The van der Waals surface area contributed by atoms with E-state index in [1.165, 1.54) is 0 Å². The van der Waals surface area contributed by atoms with E-state index in [1.807, 2.05) is 31.7 Å². The highest BCUT2D eigenvalue weighted by atomic mass is 16.3. The Labute approximate surface area is 120 Å². The van der Waals surface area contributed by atoms with Crippen LogP contribution in [0.15, 0.2) is 12.4 Å². The monoisotopic (exact) mass is 282 g/mol. The van der Waals surface area contributed by atoms with Gasteiger partial charge in [-0.3, -0.25) is 0 Å². The number of aliphatic hydroxyl groups excluding tert-OH is 1. The van der Waals surface area contributed by atoms with Gasteiger partial charge in [0.05, 0.1) is 6.54 Å². The standard InChI is InChI=1S/C14H26N4O2/c1-14(2,11-19)6-5-7-16-13(20)18(4)10-12-15-8-9-17(12)3/h8-9,19H,5-7,10-11H2,1-4H3,(H,16,20). The summed E-state index contributed by atoms with van der Waals surface area (Å²) in [7, 11) is 3.66. The Kier molecular flexibility index (Phi) is 6.01. The van der Waals surface area contributed by atoms with E-state index in [2.05, 4.69) is 10.3 Å². The lowest BCUT2D eigenvalue weighted by Gasteiger charge is -2.22. The Bertz CT molecular complexity index is 429. The van der Waals surface area contributed by atoms with Crippen LogP contribution in [0.2, 0.25) is 0 Å². The maximum absolute atomic E-state index is 11.9. The fourth-order valence-corrected chi connectivity index (χ4v) is 1.81. The minimum atomic E-state index is -0.102. The third-order valence-electron chi connectivity index (χ3n) is 3.38. The van der Waals surface area contributed by atoms with Crippen molar-refractivity contribution in [2.75, 3.05) is 20.2 Å². The molecule has 0 spiro atoms. The third kappa shape index (κ3) is 5.21. The zero-order valence-electron chi connectivity index (χ0n) is 12.9. The number of urea groups is 1. The molecule has 0 fully saturated rings. The van der Waals surface area contributed by atoms with E-state index in [0.717, 1.165) is 18.7 Å². The Morgan fingerprint density at radius 3 is 2.80 bits per heavy atom. The van der Waals surface area contributed by atoms with Crippen molar-refractivity contribution in [1.82, 2.24) is 19.8 Å². The predicted molar refractivity (Wildman–Crippen MR) is 78.2 cm³/mol. The second-order valence-corrected chi connectivity index (χ2v) is 5.97. The van der Waals surface area contributed by atoms with Crippen LogP contribution >= 0.6 is 0 Å². The molecule has 6 nitrogen and oxygen atoms in total. The summed E-state index contributed by atoms with van der Waals surface area (Å²) >= 11 is 0. The van der Waals surface area contributed by atoms with Gasteiger partial charge in [0.1, 0.15) is 5.82 Å². The van der Waals surface area contributed by atoms with Crippen LogP contribution in [0.4, 0.5) is 4.79 Å². The van der Waals surface area contributed by atoms with Crippen LogP contribution in [-0.2, 0) is 13.6 Å². The van der Waals surface area contributed by atoms with Crippen LogP contribution in [0.25, 0.3) is 0 Å². The van der Waals surface area contributed by atoms with Crippen molar-refractivity contribution in [3.05, 3.63) is 18.2 Å². The fraction of sp³-hybridized carbons (Fsp3) is 0.714. The van der Waals surface area contributed by atoms with E-state index in [-0.39, 0.29) is 18.1 Å². The van der Waals surface area contributed by atoms with Crippen molar-refractivity contribution in [3.8, 4) is 0 Å². The van der Waals surface area contributed by atoms with E-state index < -0.39 is 0 Å². The summed E-state index contributed by atoms with van der Waals surface area (Å²) < 4.78 is 1.90. The maximum Gasteiger partial charge on any atom is 0.317 e. The first-order chi connectivity index (χ1) is 9.35. The highest BCUT2D eigenvalue weighted by Crippen LogP contribution is 2.20. The van der Waals surface area contributed by atoms with Gasteiger partial charge in [-0.15, -0.1) is 0 Å². The Balaban J connectivity index is 2.27. The summed E-state index contributed by atoms with van der Waals surface area (Å²) in [5.41, 5.74) is -0.0798. The normalized spacial score (nSPS) is 11.4. The molecular formula is C14H26N4O2. The average molecular weight is 282 g/mol. The Morgan fingerprint density at radius 1 is 1.55 bits per heavy atom. The lowest BCUT2D eigenvalue weighted by atomic mass is 9.89. The highest BCUT2D eigenvalue weighted by Gasteiger charge is 2.16. The van der Waals surface area contributed by atoms with Gasteiger partial charge in [0.2, 0.25) is 0 Å². The first-order valence-corrected chi connectivity index (χ1v) is 6.92. The molecule has 1 aromatic rings. The molecule has 2 N–H and O–H groups in total. The molecule has 2 amide bonds. The molecule has 0 unspecified atom stereocenters. The number of aryl methyl sites for hydroxylation is 1. The summed E-state index contributed by atoms with van der Waals surface area (Å²) in [5.74, 6) is 0.851. The van der Waals surface area contributed by atoms with Gasteiger partial charge in [0, 0.05) is 39.6 Å². The molecule has 1 heterocycles. The number of carbonyl (C=O) groups excluding carboxylic acids is 1. The van der Waals surface area contributed by atoms with Gasteiger partial charge in [-0.05, 0) is 18.3 Å². The van der Waals surface area contributed by atoms with Crippen LogP contribution < -0.4 is 5.32 Å². The number of hydrogen-bond donors (Lipinski definition) is 2. The summed E-state index contributed by atoms with van der Waals surface area (Å²) in [6, 6.07) is -0.102. The molecule has 0 aliphatic carbocycles. The van der Waals surface area contributed by atoms with Crippen molar-refractivity contribution >= 4 is 6.03 Å². The molecule has 0 radical (unpaired) electrons. The molecule has 20 heavy (non-hydrogen) atoms. The Hall–Kier alpha value is -1.56. The molecule has 0 saturated heterocycles. The van der Waals surface area contributed by atoms with Crippen LogP contribution in [0.3, 0.4) is 0 Å². The van der Waals surface area contributed by atoms with Crippen molar-refractivity contribution in [2.24, 2.45) is 12.5 Å². The van der Waals surface area contributed by atoms with Gasteiger partial charge in [0.25, 0.3) is 0 Å². The minimum Gasteiger partial charge on any atom is -0.396 e. The first-order valence-electron chi connectivity index (χ1n) is 6.92. The summed E-state index contributed by atoms with van der Waals surface area (Å²) in [4.78, 5) is 17.7. The number of nitrogens with one attached hydrogen (secondary N) is 1. The number of aromatic nitrogens is 2. The van der Waals surface area contributed by atoms with E-state index in [9.17, 15) is 4.79 Å². The number of amides is 2. The number of nitrogens with zero attached hydrogens (tertiary/aromatic N) is 3. The highest BCUT2D eigenvalue weighted by molar-refractivity contribution is 5.73. The third-order valence-corrected chi connectivity index (χ3v) is 3.38. The molecule has 1 aromatic heterocycles. The van der Waals surface area contributed by atoms with Crippen LogP contribution in [0.5, 0.6) is 0 Å². The van der Waals surface area contributed by atoms with Crippen molar-refractivity contribution in [2.45, 2.75) is 33.2 Å². The van der Waals surface area contributed by atoms with Gasteiger partial charge in [-0.25, -0.2) is 9.78 Å². The Morgan fingerprint density at radius 2 is 2.25 bits per heavy atom. The van der Waals surface area contributed by atoms with E-state index in [1.54, 1.807) is 18.1 Å². The molecule has 0 saturated carbocycles. The van der Waals surface area contributed by atoms with Crippen LogP contribution in [-0.4, -0.2) is 45.8 Å². The zero-order valence-corrected chi connectivity index (χ0v) is 12.9. The predicted octanol–water partition coefficient (Wildman–Crippen LogP) is 1.36. The molecular weight excluding hydrogens is 256 g/mol. The molecule has 0 aliphatic rings. The molecule has 114 valence electrons. The minimum absolute atomic E-state index is 0.0798. The average Bonchev–Trinajstić information content (AvgIpc) is 2.80. The summed E-state index contributed by atoms with van der Waals surface area (Å²) in [6.45, 7) is 5.30. The fourth-order valence-electron chi connectivity index (χ4n) is 1.81. The molecule has 0 bridgehead atoms. The van der Waals surface area contributed by atoms with Gasteiger partial charge >= 0.3 is 6.03 Å². The van der Waals surface area contributed by atoms with Crippen molar-refractivity contribution in [1.29, 1.82) is 0 Å². The molecule has 0 aliphatic heterocycles.